The highest BCUT2D eigenvalue weighted by Crippen LogP contribution is 2.28. The van der Waals surface area contributed by atoms with Crippen molar-refractivity contribution in [3.8, 4) is 0 Å². The number of aromatic nitrogens is 3. The Bertz CT molecular complexity index is 898. The first-order valence-electron chi connectivity index (χ1n) is 9.26. The van der Waals surface area contributed by atoms with Crippen molar-refractivity contribution in [2.24, 2.45) is 0 Å². The van der Waals surface area contributed by atoms with Gasteiger partial charge in [0, 0.05) is 24.3 Å². The number of nitrogens with zero attached hydrogens (tertiary/aromatic N) is 4. The van der Waals surface area contributed by atoms with E-state index in [-0.39, 0.29) is 34.4 Å². The zero-order valence-electron chi connectivity index (χ0n) is 16.1. The van der Waals surface area contributed by atoms with E-state index in [1.165, 1.54) is 30.0 Å². The quantitative estimate of drug-likeness (QED) is 0.377. The molecule has 1 amide bonds. The molecule has 11 heteroatoms. The highest BCUT2D eigenvalue weighted by atomic mass is 35.5. The third-order valence-corrected chi connectivity index (χ3v) is 5.72. The molecule has 1 fully saturated rings. The molecule has 2 heterocycles. The number of nitrogens with one attached hydrogen (secondary N) is 1. The van der Waals surface area contributed by atoms with Gasteiger partial charge in [-0.3, -0.25) is 14.9 Å². The lowest BCUT2D eigenvalue weighted by molar-refractivity contribution is -0.384. The molecular weight excluding hydrogens is 418 g/mol. The summed E-state index contributed by atoms with van der Waals surface area (Å²) in [5.74, 6) is 0.848. The predicted molar refractivity (Wildman–Crippen MR) is 111 cm³/mol. The number of halogens is 1. The average Bonchev–Trinajstić information content (AvgIpc) is 3.32. The van der Waals surface area contributed by atoms with Crippen LogP contribution in [0.4, 0.5) is 11.4 Å². The zero-order chi connectivity index (χ0) is 21.0. The number of amides is 1. The van der Waals surface area contributed by atoms with E-state index in [2.05, 4.69) is 15.5 Å². The molecule has 156 valence electrons. The Balaban J connectivity index is 1.65. The number of carbonyl (C=O) groups excluding carboxylic acids is 1. The van der Waals surface area contributed by atoms with Gasteiger partial charge in [0.15, 0.2) is 5.16 Å². The van der Waals surface area contributed by atoms with Crippen molar-refractivity contribution in [3.05, 3.63) is 39.2 Å². The Morgan fingerprint density at radius 1 is 1.48 bits per heavy atom. The molecule has 1 saturated heterocycles. The molecule has 1 aromatic carbocycles. The molecule has 1 atom stereocenters. The van der Waals surface area contributed by atoms with Crippen molar-refractivity contribution >= 4 is 40.6 Å². The lowest BCUT2D eigenvalue weighted by Gasteiger charge is -2.16. The first-order chi connectivity index (χ1) is 13.8. The first-order valence-corrected chi connectivity index (χ1v) is 10.6. The summed E-state index contributed by atoms with van der Waals surface area (Å²) in [6, 6.07) is 4.14. The van der Waals surface area contributed by atoms with E-state index >= 15 is 0 Å². The number of hydrogen-bond donors (Lipinski definition) is 1. The van der Waals surface area contributed by atoms with Gasteiger partial charge in [0.2, 0.25) is 5.91 Å². The number of nitro groups is 1. The van der Waals surface area contributed by atoms with Gasteiger partial charge in [-0.1, -0.05) is 37.2 Å². The van der Waals surface area contributed by atoms with Crippen molar-refractivity contribution in [1.29, 1.82) is 0 Å². The SMILES string of the molecule is CC(C)c1nnc(SCC(=O)Nc2ccc(Cl)c([N+](=O)[O-])c2)n1CC1CCCO1. The van der Waals surface area contributed by atoms with Crippen LogP contribution in [0.3, 0.4) is 0 Å². The monoisotopic (exact) mass is 439 g/mol. The highest BCUT2D eigenvalue weighted by molar-refractivity contribution is 7.99. The minimum absolute atomic E-state index is 0.0193. The second kappa shape index (κ2) is 9.55. The van der Waals surface area contributed by atoms with E-state index in [1.54, 1.807) is 0 Å². The van der Waals surface area contributed by atoms with Crippen LogP contribution in [0, 0.1) is 10.1 Å². The van der Waals surface area contributed by atoms with E-state index in [1.807, 2.05) is 18.4 Å². The minimum atomic E-state index is -0.590. The van der Waals surface area contributed by atoms with E-state index in [4.69, 9.17) is 16.3 Å². The minimum Gasteiger partial charge on any atom is -0.376 e. The van der Waals surface area contributed by atoms with Crippen LogP contribution in [0.1, 0.15) is 38.4 Å². The van der Waals surface area contributed by atoms with E-state index < -0.39 is 4.92 Å². The molecule has 1 aliphatic heterocycles. The van der Waals surface area contributed by atoms with E-state index in [9.17, 15) is 14.9 Å². The lowest BCUT2D eigenvalue weighted by atomic mass is 10.2. The molecule has 0 aliphatic carbocycles. The molecule has 0 bridgehead atoms. The fourth-order valence-electron chi connectivity index (χ4n) is 3.05. The fraction of sp³-hybridized carbons (Fsp3) is 0.500. The molecule has 0 saturated carbocycles. The van der Waals surface area contributed by atoms with Crippen LogP contribution >= 0.6 is 23.4 Å². The molecule has 1 unspecified atom stereocenters. The van der Waals surface area contributed by atoms with Crippen molar-refractivity contribution in [1.82, 2.24) is 14.8 Å². The van der Waals surface area contributed by atoms with Gasteiger partial charge < -0.3 is 14.6 Å². The summed E-state index contributed by atoms with van der Waals surface area (Å²) in [5.41, 5.74) is 0.0605. The van der Waals surface area contributed by atoms with Gasteiger partial charge in [-0.25, -0.2) is 0 Å². The van der Waals surface area contributed by atoms with Crippen molar-refractivity contribution in [3.63, 3.8) is 0 Å². The van der Waals surface area contributed by atoms with Gasteiger partial charge >= 0.3 is 0 Å². The molecule has 2 aromatic rings. The van der Waals surface area contributed by atoms with Gasteiger partial charge in [0.1, 0.15) is 10.8 Å². The summed E-state index contributed by atoms with van der Waals surface area (Å²) < 4.78 is 7.75. The number of anilines is 1. The van der Waals surface area contributed by atoms with Gasteiger partial charge in [-0.2, -0.15) is 0 Å². The first kappa shape index (κ1) is 21.5. The maximum atomic E-state index is 12.3. The molecule has 3 rings (SSSR count). The second-order valence-corrected chi connectivity index (χ2v) is 8.35. The van der Waals surface area contributed by atoms with Crippen LogP contribution in [-0.2, 0) is 16.1 Å². The van der Waals surface area contributed by atoms with E-state index in [0.29, 0.717) is 17.4 Å². The summed E-state index contributed by atoms with van der Waals surface area (Å²) in [4.78, 5) is 22.7. The van der Waals surface area contributed by atoms with Crippen LogP contribution in [0.5, 0.6) is 0 Å². The molecule has 0 spiro atoms. The summed E-state index contributed by atoms with van der Waals surface area (Å²) in [7, 11) is 0. The van der Waals surface area contributed by atoms with Crippen molar-refractivity contribution in [2.75, 3.05) is 17.7 Å². The fourth-order valence-corrected chi connectivity index (χ4v) is 4.00. The molecule has 9 nitrogen and oxygen atoms in total. The van der Waals surface area contributed by atoms with Crippen LogP contribution in [0.15, 0.2) is 23.4 Å². The Hall–Kier alpha value is -2.17. The summed E-state index contributed by atoms with van der Waals surface area (Å²) in [6.45, 7) is 5.52. The lowest BCUT2D eigenvalue weighted by Crippen LogP contribution is -2.19. The van der Waals surface area contributed by atoms with Gasteiger partial charge in [-0.15, -0.1) is 10.2 Å². The third kappa shape index (κ3) is 5.46. The number of thioether (sulfide) groups is 1. The third-order valence-electron chi connectivity index (χ3n) is 4.43. The zero-order valence-corrected chi connectivity index (χ0v) is 17.7. The van der Waals surface area contributed by atoms with Gasteiger partial charge in [0.25, 0.3) is 5.69 Å². The molecule has 0 radical (unpaired) electrons. The number of hydrogen-bond acceptors (Lipinski definition) is 7. The predicted octanol–water partition coefficient (Wildman–Crippen LogP) is 3.87. The number of carbonyl (C=O) groups is 1. The molecular formula is C18H22ClN5O4S. The normalized spacial score (nSPS) is 16.3. The van der Waals surface area contributed by atoms with E-state index in [0.717, 1.165) is 25.3 Å². The molecule has 1 aliphatic rings. The topological polar surface area (TPSA) is 112 Å². The van der Waals surface area contributed by atoms with Crippen LogP contribution in [0.25, 0.3) is 0 Å². The van der Waals surface area contributed by atoms with Crippen molar-refractivity contribution in [2.45, 2.75) is 50.4 Å². The second-order valence-electron chi connectivity index (χ2n) is 7.00. The van der Waals surface area contributed by atoms with Gasteiger partial charge in [0.05, 0.1) is 23.3 Å². The maximum absolute atomic E-state index is 12.3. The van der Waals surface area contributed by atoms with Crippen LogP contribution in [-0.4, -0.2) is 44.1 Å². The molecule has 29 heavy (non-hydrogen) atoms. The van der Waals surface area contributed by atoms with Crippen LogP contribution in [0.2, 0.25) is 5.02 Å². The Kier molecular flexibility index (Phi) is 7.09. The smallest absolute Gasteiger partial charge is 0.289 e. The summed E-state index contributed by atoms with van der Waals surface area (Å²) in [6.07, 6.45) is 2.17. The molecule has 1 N–H and O–H groups in total. The summed E-state index contributed by atoms with van der Waals surface area (Å²) >= 11 is 7.07. The molecule has 1 aromatic heterocycles. The Morgan fingerprint density at radius 2 is 2.28 bits per heavy atom. The van der Waals surface area contributed by atoms with Crippen molar-refractivity contribution < 1.29 is 14.5 Å². The Labute approximate surface area is 177 Å². The average molecular weight is 440 g/mol. The standard InChI is InChI=1S/C18H22ClN5O4S/c1-11(2)17-21-22-18(23(17)9-13-4-3-7-28-13)29-10-16(25)20-12-5-6-14(19)15(8-12)24(26)27/h5-6,8,11,13H,3-4,7,9-10H2,1-2H3,(H,20,25). The Morgan fingerprint density at radius 3 is 2.93 bits per heavy atom. The number of ether oxygens (including phenoxy) is 1. The number of benzene rings is 1. The van der Waals surface area contributed by atoms with Crippen LogP contribution < -0.4 is 5.32 Å². The van der Waals surface area contributed by atoms with Gasteiger partial charge in [-0.05, 0) is 25.0 Å². The maximum Gasteiger partial charge on any atom is 0.289 e. The number of rotatable bonds is 8. The summed E-state index contributed by atoms with van der Waals surface area (Å²) in [5, 5.41) is 22.8. The number of nitro benzene ring substituents is 1. The largest absolute Gasteiger partial charge is 0.376 e. The highest BCUT2D eigenvalue weighted by Gasteiger charge is 2.23.